The summed E-state index contributed by atoms with van der Waals surface area (Å²) in [5, 5.41) is 10.2. The Hall–Kier alpha value is -1.82. The number of aliphatic hydroxyl groups is 1. The minimum Gasteiger partial charge on any atom is -0.386 e. The maximum absolute atomic E-state index is 11.8. The van der Waals surface area contributed by atoms with Crippen molar-refractivity contribution in [2.45, 2.75) is 12.3 Å². The molecule has 126 valence electrons. The van der Waals surface area contributed by atoms with Gasteiger partial charge in [0.15, 0.2) is 17.4 Å². The van der Waals surface area contributed by atoms with Gasteiger partial charge in [-0.1, -0.05) is 0 Å². The van der Waals surface area contributed by atoms with Crippen molar-refractivity contribution in [3.63, 3.8) is 0 Å². The second-order valence-corrected chi connectivity index (χ2v) is 6.15. The standard InChI is InChI=1S/C10H14N5O7P/c11-10-13-7-6(8(17)14-10)12-4-15(7)9-5(16)3-22-23(18,19)21-2-1-20-9/h4-5,9,16H,1-3H2,(H,18,19)(H3,11,13,14,17)/t5-,9-/m1/s1. The number of imidazole rings is 1. The molecule has 3 atom stereocenters. The predicted octanol–water partition coefficient (Wildman–Crippen LogP) is -1.27. The molecule has 0 spiro atoms. The SMILES string of the molecule is Nc1nc2c(ncn2[C@@H]2OCCOP(=O)(O)OC[C@H]2O)c(=O)[nH]1. The summed E-state index contributed by atoms with van der Waals surface area (Å²) in [5.41, 5.74) is 5.08. The number of ether oxygens (including phenoxy) is 1. The number of rotatable bonds is 1. The molecule has 0 aromatic carbocycles. The number of aromatic amines is 1. The van der Waals surface area contributed by atoms with Gasteiger partial charge in [0.2, 0.25) is 5.95 Å². The first-order chi connectivity index (χ1) is 10.9. The van der Waals surface area contributed by atoms with Gasteiger partial charge in [-0.05, 0) is 0 Å². The number of nitrogen functional groups attached to an aromatic ring is 1. The van der Waals surface area contributed by atoms with E-state index in [0.29, 0.717) is 0 Å². The number of nitrogens with two attached hydrogens (primary N) is 1. The Morgan fingerprint density at radius 1 is 1.43 bits per heavy atom. The molecule has 1 aliphatic rings. The van der Waals surface area contributed by atoms with Crippen molar-refractivity contribution in [1.82, 2.24) is 19.5 Å². The molecular weight excluding hydrogens is 333 g/mol. The van der Waals surface area contributed by atoms with E-state index in [9.17, 15) is 19.4 Å². The number of phosphoric ester groups is 1. The Bertz CT molecular complexity index is 820. The van der Waals surface area contributed by atoms with Crippen LogP contribution in [0.4, 0.5) is 5.95 Å². The fraction of sp³-hybridized carbons (Fsp3) is 0.500. The van der Waals surface area contributed by atoms with E-state index in [1.165, 1.54) is 10.9 Å². The van der Waals surface area contributed by atoms with Crippen LogP contribution in [0.1, 0.15) is 6.23 Å². The molecule has 13 heteroatoms. The fourth-order valence-electron chi connectivity index (χ4n) is 2.12. The summed E-state index contributed by atoms with van der Waals surface area (Å²) in [6.45, 7) is -0.857. The van der Waals surface area contributed by atoms with Crippen molar-refractivity contribution in [3.8, 4) is 0 Å². The maximum Gasteiger partial charge on any atom is 0.472 e. The van der Waals surface area contributed by atoms with Gasteiger partial charge in [0.25, 0.3) is 5.56 Å². The molecule has 0 saturated carbocycles. The lowest BCUT2D eigenvalue weighted by Gasteiger charge is -2.23. The molecule has 1 saturated heterocycles. The van der Waals surface area contributed by atoms with E-state index >= 15 is 0 Å². The van der Waals surface area contributed by atoms with Gasteiger partial charge in [0, 0.05) is 0 Å². The number of H-pyrrole nitrogens is 1. The predicted molar refractivity (Wildman–Crippen MR) is 75.3 cm³/mol. The molecule has 3 rings (SSSR count). The third kappa shape index (κ3) is 3.27. The first-order valence-corrected chi connectivity index (χ1v) is 8.01. The van der Waals surface area contributed by atoms with Crippen molar-refractivity contribution in [3.05, 3.63) is 16.7 Å². The average Bonchev–Trinajstić information content (AvgIpc) is 2.90. The minimum absolute atomic E-state index is 0.0138. The van der Waals surface area contributed by atoms with Gasteiger partial charge in [-0.3, -0.25) is 23.4 Å². The van der Waals surface area contributed by atoms with Crippen LogP contribution in [0, 0.1) is 0 Å². The monoisotopic (exact) mass is 347 g/mol. The number of hydrogen-bond donors (Lipinski definition) is 4. The van der Waals surface area contributed by atoms with Crippen LogP contribution in [0.15, 0.2) is 11.1 Å². The zero-order chi connectivity index (χ0) is 16.6. The smallest absolute Gasteiger partial charge is 0.386 e. The Kier molecular flexibility index (Phi) is 4.19. The number of hydrogen-bond acceptors (Lipinski definition) is 9. The van der Waals surface area contributed by atoms with E-state index in [4.69, 9.17) is 10.5 Å². The van der Waals surface area contributed by atoms with Gasteiger partial charge in [-0.25, -0.2) is 9.55 Å². The van der Waals surface area contributed by atoms with Crippen LogP contribution in [0.3, 0.4) is 0 Å². The van der Waals surface area contributed by atoms with E-state index in [1.807, 2.05) is 0 Å². The summed E-state index contributed by atoms with van der Waals surface area (Å²) in [4.78, 5) is 31.3. The third-order valence-corrected chi connectivity index (χ3v) is 4.07. The molecule has 2 aromatic heterocycles. The van der Waals surface area contributed by atoms with E-state index in [-0.39, 0.29) is 30.3 Å². The normalized spacial score (nSPS) is 29.8. The summed E-state index contributed by atoms with van der Waals surface area (Å²) in [6, 6.07) is 0. The molecule has 0 bridgehead atoms. The summed E-state index contributed by atoms with van der Waals surface area (Å²) in [6.07, 6.45) is -1.15. The molecule has 2 aromatic rings. The van der Waals surface area contributed by atoms with Gasteiger partial charge in [-0.15, -0.1) is 0 Å². The number of phosphoric acid groups is 1. The van der Waals surface area contributed by atoms with Crippen molar-refractivity contribution in [2.75, 3.05) is 25.6 Å². The minimum atomic E-state index is -4.25. The lowest BCUT2D eigenvalue weighted by Crippen LogP contribution is -2.30. The number of nitrogens with zero attached hydrogens (tertiary/aromatic N) is 3. The van der Waals surface area contributed by atoms with Gasteiger partial charge < -0.3 is 20.5 Å². The van der Waals surface area contributed by atoms with Crippen molar-refractivity contribution in [2.24, 2.45) is 0 Å². The zero-order valence-electron chi connectivity index (χ0n) is 11.7. The highest BCUT2D eigenvalue weighted by molar-refractivity contribution is 7.47. The molecule has 23 heavy (non-hydrogen) atoms. The Labute approximate surface area is 128 Å². The topological polar surface area (TPSA) is 175 Å². The lowest BCUT2D eigenvalue weighted by atomic mass is 10.3. The largest absolute Gasteiger partial charge is 0.472 e. The molecule has 0 aliphatic carbocycles. The van der Waals surface area contributed by atoms with E-state index < -0.39 is 32.3 Å². The van der Waals surface area contributed by atoms with Crippen molar-refractivity contribution in [1.29, 1.82) is 0 Å². The molecule has 3 heterocycles. The highest BCUT2D eigenvalue weighted by atomic mass is 31.2. The van der Waals surface area contributed by atoms with Crippen molar-refractivity contribution < 1.29 is 28.3 Å². The maximum atomic E-state index is 11.8. The quantitative estimate of drug-likeness (QED) is 0.455. The molecule has 1 fully saturated rings. The Morgan fingerprint density at radius 2 is 2.22 bits per heavy atom. The van der Waals surface area contributed by atoms with E-state index in [0.717, 1.165) is 0 Å². The number of nitrogens with one attached hydrogen (secondary N) is 1. The van der Waals surface area contributed by atoms with Gasteiger partial charge in [0.1, 0.15) is 6.10 Å². The average molecular weight is 347 g/mol. The van der Waals surface area contributed by atoms with Gasteiger partial charge in [-0.2, -0.15) is 4.98 Å². The summed E-state index contributed by atoms with van der Waals surface area (Å²) >= 11 is 0. The highest BCUT2D eigenvalue weighted by Crippen LogP contribution is 2.44. The van der Waals surface area contributed by atoms with Crippen molar-refractivity contribution >= 4 is 24.9 Å². The second kappa shape index (κ2) is 6.00. The van der Waals surface area contributed by atoms with Crippen LogP contribution in [0.5, 0.6) is 0 Å². The lowest BCUT2D eigenvalue weighted by molar-refractivity contribution is -0.0906. The Balaban J connectivity index is 1.99. The zero-order valence-corrected chi connectivity index (χ0v) is 12.5. The molecular formula is C10H14N5O7P. The molecule has 0 amide bonds. The summed E-state index contributed by atoms with van der Waals surface area (Å²) in [7, 11) is -4.25. The van der Waals surface area contributed by atoms with Crippen LogP contribution in [0.25, 0.3) is 11.2 Å². The first-order valence-electron chi connectivity index (χ1n) is 6.51. The van der Waals surface area contributed by atoms with Gasteiger partial charge in [0.05, 0.1) is 26.1 Å². The highest BCUT2D eigenvalue weighted by Gasteiger charge is 2.31. The molecule has 1 unspecified atom stereocenters. The van der Waals surface area contributed by atoms with Crippen LogP contribution in [-0.4, -0.2) is 55.4 Å². The molecule has 0 radical (unpaired) electrons. The number of aromatic nitrogens is 4. The summed E-state index contributed by atoms with van der Waals surface area (Å²) in [5.74, 6) is -0.124. The summed E-state index contributed by atoms with van der Waals surface area (Å²) < 4.78 is 27.5. The first kappa shape index (κ1) is 16.1. The van der Waals surface area contributed by atoms with Crippen LogP contribution >= 0.6 is 7.82 Å². The van der Waals surface area contributed by atoms with E-state index in [2.05, 4.69) is 24.0 Å². The van der Waals surface area contributed by atoms with Gasteiger partial charge >= 0.3 is 7.82 Å². The molecule has 1 aliphatic heterocycles. The number of fused-ring (bicyclic) bond motifs is 1. The fourth-order valence-corrected chi connectivity index (χ4v) is 2.84. The molecule has 12 nitrogen and oxygen atoms in total. The second-order valence-electron chi connectivity index (χ2n) is 4.70. The Morgan fingerprint density at radius 3 is 3.00 bits per heavy atom. The van der Waals surface area contributed by atoms with Crippen LogP contribution in [0.2, 0.25) is 0 Å². The molecule has 5 N–H and O–H groups in total. The third-order valence-electron chi connectivity index (χ3n) is 3.09. The van der Waals surface area contributed by atoms with Crippen LogP contribution in [-0.2, 0) is 18.3 Å². The van der Waals surface area contributed by atoms with E-state index in [1.54, 1.807) is 0 Å². The number of anilines is 1. The van der Waals surface area contributed by atoms with Crippen LogP contribution < -0.4 is 11.3 Å². The number of aliphatic hydroxyl groups excluding tert-OH is 1.